The van der Waals surface area contributed by atoms with Crippen molar-refractivity contribution < 1.29 is 40.0 Å². The van der Waals surface area contributed by atoms with Gasteiger partial charge in [-0.25, -0.2) is 0 Å². The lowest BCUT2D eigenvalue weighted by atomic mass is 10.2. The van der Waals surface area contributed by atoms with E-state index >= 15 is 0 Å². The van der Waals surface area contributed by atoms with Crippen molar-refractivity contribution in [3.05, 3.63) is 0 Å². The molecule has 0 aliphatic rings. The van der Waals surface area contributed by atoms with Gasteiger partial charge in [-0.2, -0.15) is 0 Å². The lowest BCUT2D eigenvalue weighted by Crippen LogP contribution is -2.64. The van der Waals surface area contributed by atoms with E-state index in [1.165, 1.54) is 0 Å². The Kier molecular flexibility index (Phi) is 10.6. The lowest BCUT2D eigenvalue weighted by Gasteiger charge is -2.43. The van der Waals surface area contributed by atoms with E-state index < -0.39 is 55.6 Å². The predicted molar refractivity (Wildman–Crippen MR) is 129 cm³/mol. The van der Waals surface area contributed by atoms with Crippen LogP contribution in [-0.2, 0) is 30.4 Å². The number of hydrogen-bond acceptors (Lipinski definition) is 9. The van der Waals surface area contributed by atoms with Crippen LogP contribution in [0, 0.1) is 0 Å². The fourth-order valence-corrected chi connectivity index (χ4v) is 9.76. The highest BCUT2D eigenvalue weighted by molar-refractivity contribution is 6.67. The molecular weight excluding hydrogens is 468 g/mol. The molecule has 194 valence electrons. The van der Waals surface area contributed by atoms with Crippen LogP contribution in [0.4, 0.5) is 0 Å². The summed E-state index contributed by atoms with van der Waals surface area (Å²) < 4.78 is 42.2. The highest BCUT2D eigenvalue weighted by atomic mass is 28.5. The molecule has 0 amide bonds. The molecular formula is C20H48O9Si3. The van der Waals surface area contributed by atoms with E-state index in [4.69, 9.17) is 30.4 Å². The minimum Gasteiger partial charge on any atom is -0.372 e. The molecule has 0 fully saturated rings. The molecule has 0 radical (unpaired) electrons. The maximum Gasteiger partial charge on any atom is 0.673 e. The smallest absolute Gasteiger partial charge is 0.372 e. The first-order chi connectivity index (χ1) is 13.6. The van der Waals surface area contributed by atoms with Gasteiger partial charge < -0.3 is 40.0 Å². The summed E-state index contributed by atoms with van der Waals surface area (Å²) in [4.78, 5) is 21.1. The van der Waals surface area contributed by atoms with Crippen LogP contribution in [0.15, 0.2) is 0 Å². The quantitative estimate of drug-likeness (QED) is 0.444. The van der Waals surface area contributed by atoms with Crippen molar-refractivity contribution in [1.29, 1.82) is 0 Å². The average Bonchev–Trinajstić information content (AvgIpc) is 2.22. The molecule has 0 heterocycles. The minimum absolute atomic E-state index is 0.696. The van der Waals surface area contributed by atoms with Crippen LogP contribution >= 0.6 is 0 Å². The average molecular weight is 517 g/mol. The molecule has 0 aliphatic carbocycles. The molecule has 1 atom stereocenters. The van der Waals surface area contributed by atoms with Gasteiger partial charge in [0.25, 0.3) is 0 Å². The summed E-state index contributed by atoms with van der Waals surface area (Å²) in [6.45, 7) is 27.2. The molecule has 0 aromatic carbocycles. The van der Waals surface area contributed by atoms with Gasteiger partial charge in [-0.3, -0.25) is 0 Å². The Morgan fingerprint density at radius 1 is 0.469 bits per heavy atom. The summed E-state index contributed by atoms with van der Waals surface area (Å²) in [6.07, 6.45) is 0. The molecule has 2 N–H and O–H groups in total. The Bertz CT molecular complexity index is 539. The summed E-state index contributed by atoms with van der Waals surface area (Å²) in [6, 6.07) is 0. The van der Waals surface area contributed by atoms with Gasteiger partial charge in [0.2, 0.25) is 0 Å². The standard InChI is InChI=1S/C20H48O9Si3/c1-16(2,3)23-30(28-31(21,22)24-17(4,5)6)29-32(25-18(7,8)9,26-19(10,11)12)27-20(13,14)15/h21-22,30H,1-15H3. The molecule has 1 unspecified atom stereocenters. The maximum absolute atomic E-state index is 10.5. The van der Waals surface area contributed by atoms with E-state index in [1.807, 2.05) is 83.1 Å². The van der Waals surface area contributed by atoms with Gasteiger partial charge in [-0.1, -0.05) is 0 Å². The van der Waals surface area contributed by atoms with Crippen molar-refractivity contribution in [2.24, 2.45) is 0 Å². The van der Waals surface area contributed by atoms with Crippen LogP contribution in [0.1, 0.15) is 104 Å². The van der Waals surface area contributed by atoms with E-state index in [2.05, 4.69) is 0 Å². The summed E-state index contributed by atoms with van der Waals surface area (Å²) in [5.41, 5.74) is -3.65. The number of rotatable bonds is 9. The first kappa shape index (κ1) is 32.3. The molecule has 0 aliphatic heterocycles. The Labute approximate surface area is 199 Å². The van der Waals surface area contributed by atoms with Gasteiger partial charge in [0.1, 0.15) is 0 Å². The van der Waals surface area contributed by atoms with Gasteiger partial charge in [-0.15, -0.1) is 0 Å². The van der Waals surface area contributed by atoms with Crippen molar-refractivity contribution in [3.8, 4) is 0 Å². The van der Waals surface area contributed by atoms with E-state index in [0.29, 0.717) is 0 Å². The number of hydrogen-bond donors (Lipinski definition) is 2. The zero-order valence-electron chi connectivity index (χ0n) is 22.8. The fourth-order valence-electron chi connectivity index (χ4n) is 2.29. The first-order valence-corrected chi connectivity index (χ1v) is 15.7. The van der Waals surface area contributed by atoms with Crippen molar-refractivity contribution in [2.75, 3.05) is 0 Å². The fraction of sp³-hybridized carbons (Fsp3) is 1.00. The second kappa shape index (κ2) is 10.5. The molecule has 12 heteroatoms. The first-order valence-electron chi connectivity index (χ1n) is 10.9. The summed E-state index contributed by atoms with van der Waals surface area (Å²) in [7, 11) is -11.9. The third kappa shape index (κ3) is 16.8. The Morgan fingerprint density at radius 3 is 1.03 bits per heavy atom. The molecule has 0 bridgehead atoms. The van der Waals surface area contributed by atoms with E-state index in [-0.39, 0.29) is 0 Å². The van der Waals surface area contributed by atoms with Gasteiger partial charge in [0.15, 0.2) is 0 Å². The highest BCUT2D eigenvalue weighted by Crippen LogP contribution is 2.31. The Hall–Kier alpha value is 0.291. The van der Waals surface area contributed by atoms with E-state index in [9.17, 15) is 9.59 Å². The monoisotopic (exact) mass is 516 g/mol. The van der Waals surface area contributed by atoms with Crippen molar-refractivity contribution in [1.82, 2.24) is 0 Å². The van der Waals surface area contributed by atoms with Gasteiger partial charge in [0, 0.05) is 0 Å². The minimum atomic E-state index is -4.61. The van der Waals surface area contributed by atoms with Crippen molar-refractivity contribution in [3.63, 3.8) is 0 Å². The molecule has 0 aromatic rings. The highest BCUT2D eigenvalue weighted by Gasteiger charge is 2.58. The topological polar surface area (TPSA) is 105 Å². The normalized spacial score (nSPS) is 16.4. The van der Waals surface area contributed by atoms with Crippen LogP contribution in [0.25, 0.3) is 0 Å². The van der Waals surface area contributed by atoms with Crippen LogP contribution < -0.4 is 0 Å². The van der Waals surface area contributed by atoms with Gasteiger partial charge >= 0.3 is 27.6 Å². The Balaban J connectivity index is 6.35. The van der Waals surface area contributed by atoms with Gasteiger partial charge in [0.05, 0.1) is 28.0 Å². The SMILES string of the molecule is CC(C)(C)O[SiH](O[Si](O)(O)OC(C)(C)C)O[Si](OC(C)(C)C)(OC(C)(C)C)OC(C)(C)C. The molecule has 32 heavy (non-hydrogen) atoms. The largest absolute Gasteiger partial charge is 0.673 e. The second-order valence-electron chi connectivity index (χ2n) is 12.7. The lowest BCUT2D eigenvalue weighted by molar-refractivity contribution is -0.125. The van der Waals surface area contributed by atoms with Gasteiger partial charge in [-0.05, 0) is 104 Å². The van der Waals surface area contributed by atoms with Crippen molar-refractivity contribution in [2.45, 2.75) is 132 Å². The van der Waals surface area contributed by atoms with E-state index in [0.717, 1.165) is 0 Å². The zero-order valence-corrected chi connectivity index (χ0v) is 26.0. The molecule has 0 spiro atoms. The molecule has 0 aromatic heterocycles. The van der Waals surface area contributed by atoms with Crippen LogP contribution in [0.3, 0.4) is 0 Å². The zero-order chi connectivity index (χ0) is 26.0. The third-order valence-electron chi connectivity index (χ3n) is 2.67. The van der Waals surface area contributed by atoms with E-state index in [1.54, 1.807) is 20.8 Å². The summed E-state index contributed by atoms with van der Waals surface area (Å²) in [5, 5.41) is 0. The van der Waals surface area contributed by atoms with Crippen LogP contribution in [0.2, 0.25) is 0 Å². The Morgan fingerprint density at radius 2 is 0.781 bits per heavy atom. The summed E-state index contributed by atoms with van der Waals surface area (Å²) >= 11 is 0. The molecule has 0 saturated heterocycles. The van der Waals surface area contributed by atoms with Crippen LogP contribution in [-0.4, -0.2) is 65.2 Å². The predicted octanol–water partition coefficient (Wildman–Crippen LogP) is 3.67. The van der Waals surface area contributed by atoms with Crippen LogP contribution in [0.5, 0.6) is 0 Å². The molecule has 0 rings (SSSR count). The third-order valence-corrected chi connectivity index (χ3v) is 11.0. The second-order valence-corrected chi connectivity index (χ2v) is 18.3. The van der Waals surface area contributed by atoms with Crippen molar-refractivity contribution >= 4 is 27.6 Å². The maximum atomic E-state index is 10.5. The molecule has 9 nitrogen and oxygen atoms in total. The molecule has 0 saturated carbocycles. The summed E-state index contributed by atoms with van der Waals surface area (Å²) in [5.74, 6) is 0.